The van der Waals surface area contributed by atoms with E-state index < -0.39 is 40.3 Å². The molecule has 0 aliphatic rings. The Morgan fingerprint density at radius 1 is 0.491 bits per heavy atom. The van der Waals surface area contributed by atoms with Crippen LogP contribution in [0.15, 0.2) is 92.5 Å². The van der Waals surface area contributed by atoms with Gasteiger partial charge in [-0.25, -0.2) is 14.4 Å². The molecule has 0 saturated carbocycles. The molecule has 3 N–H and O–H groups in total. The first-order valence-corrected chi connectivity index (χ1v) is 17.7. The lowest BCUT2D eigenvalue weighted by molar-refractivity contribution is -0.00792. The normalized spacial score (nSPS) is 11.9. The zero-order valence-electron chi connectivity index (χ0n) is 33.1. The zero-order chi connectivity index (χ0) is 39.8. The van der Waals surface area contributed by atoms with Gasteiger partial charge in [-0.15, -0.1) is 0 Å². The van der Waals surface area contributed by atoms with Crippen LogP contribution in [-0.2, 0) is 30.8 Å². The van der Waals surface area contributed by atoms with E-state index in [-0.39, 0.29) is 19.8 Å². The predicted octanol–water partition coefficient (Wildman–Crippen LogP) is 10.1. The van der Waals surface area contributed by atoms with E-state index in [0.717, 1.165) is 50.1 Å². The molecule has 284 valence electrons. The van der Waals surface area contributed by atoms with Gasteiger partial charge in [-0.1, -0.05) is 97.1 Å². The highest BCUT2D eigenvalue weighted by molar-refractivity contribution is 5.71. The number of carbonyl (C=O) groups excluding carboxylic acids is 3. The predicted molar refractivity (Wildman–Crippen MR) is 214 cm³/mol. The van der Waals surface area contributed by atoms with Crippen LogP contribution in [0.4, 0.5) is 14.4 Å². The molecule has 0 saturated heterocycles. The fourth-order valence-electron chi connectivity index (χ4n) is 5.45. The number of benzene rings is 3. The van der Waals surface area contributed by atoms with E-state index in [1.54, 1.807) is 6.92 Å². The third kappa shape index (κ3) is 12.1. The molecule has 0 aliphatic heterocycles. The highest BCUT2D eigenvalue weighted by Crippen LogP contribution is 2.27. The molecule has 0 aromatic heterocycles. The van der Waals surface area contributed by atoms with Crippen molar-refractivity contribution in [2.24, 2.45) is 5.41 Å². The van der Waals surface area contributed by atoms with Crippen LogP contribution in [0.25, 0.3) is 16.7 Å². The third-order valence-corrected chi connectivity index (χ3v) is 9.15. The third-order valence-electron chi connectivity index (χ3n) is 9.15. The van der Waals surface area contributed by atoms with E-state index in [0.29, 0.717) is 0 Å². The van der Waals surface area contributed by atoms with E-state index in [1.807, 2.05) is 135 Å². The van der Waals surface area contributed by atoms with Crippen molar-refractivity contribution in [1.29, 1.82) is 0 Å². The molecule has 0 radical (unpaired) electrons. The minimum atomic E-state index is -1.12. The van der Waals surface area contributed by atoms with Crippen LogP contribution in [0.1, 0.15) is 103 Å². The Morgan fingerprint density at radius 3 is 1.13 bits per heavy atom. The summed E-state index contributed by atoms with van der Waals surface area (Å²) in [6.45, 7) is 30.0. The van der Waals surface area contributed by atoms with Gasteiger partial charge in [0.2, 0.25) is 0 Å². The second-order valence-corrected chi connectivity index (χ2v) is 15.9. The van der Waals surface area contributed by atoms with Gasteiger partial charge >= 0.3 is 18.3 Å². The van der Waals surface area contributed by atoms with Gasteiger partial charge in [0, 0.05) is 0 Å². The maximum absolute atomic E-state index is 13.2. The molecular formula is C44H57N3O6. The van der Waals surface area contributed by atoms with Crippen molar-refractivity contribution in [3.05, 3.63) is 126 Å². The maximum Gasteiger partial charge on any atom is 0.407 e. The van der Waals surface area contributed by atoms with Crippen LogP contribution >= 0.6 is 0 Å². The molecule has 3 rings (SSSR count). The SMILES string of the molecule is C=C(C)c1ccc(C(C)(C)NC(=O)OCC(C)(COC(=O)NC(C)(C)c2cccc(C(=C)C)c2)COC(=O)NC(C)(C)c2cccc(C(=C)C)c2)cc1. The zero-order valence-corrected chi connectivity index (χ0v) is 33.1. The number of nitrogens with one attached hydrogen (secondary N) is 3. The highest BCUT2D eigenvalue weighted by Gasteiger charge is 2.34. The van der Waals surface area contributed by atoms with Gasteiger partial charge in [0.1, 0.15) is 19.8 Å². The van der Waals surface area contributed by atoms with Crippen molar-refractivity contribution in [3.63, 3.8) is 0 Å². The fraction of sp³-hybridized carbons (Fsp3) is 0.386. The minimum Gasteiger partial charge on any atom is -0.449 e. The van der Waals surface area contributed by atoms with Crippen molar-refractivity contribution in [3.8, 4) is 0 Å². The average Bonchev–Trinajstić information content (AvgIpc) is 3.08. The number of hydrogen-bond acceptors (Lipinski definition) is 6. The Labute approximate surface area is 315 Å². The molecule has 9 nitrogen and oxygen atoms in total. The number of rotatable bonds is 15. The molecule has 0 unspecified atom stereocenters. The summed E-state index contributed by atoms with van der Waals surface area (Å²) in [5, 5.41) is 8.75. The number of carbonyl (C=O) groups is 3. The van der Waals surface area contributed by atoms with E-state index in [4.69, 9.17) is 14.2 Å². The Morgan fingerprint density at radius 2 is 0.811 bits per heavy atom. The fourth-order valence-corrected chi connectivity index (χ4v) is 5.45. The van der Waals surface area contributed by atoms with Crippen LogP contribution in [0.5, 0.6) is 0 Å². The Kier molecular flexibility index (Phi) is 13.5. The van der Waals surface area contributed by atoms with E-state index in [1.165, 1.54) is 0 Å². The van der Waals surface area contributed by atoms with Gasteiger partial charge in [0.25, 0.3) is 0 Å². The molecule has 53 heavy (non-hydrogen) atoms. The van der Waals surface area contributed by atoms with Crippen molar-refractivity contribution in [1.82, 2.24) is 16.0 Å². The highest BCUT2D eigenvalue weighted by atomic mass is 16.6. The summed E-state index contributed by atoms with van der Waals surface area (Å²) in [5.74, 6) is 0. The summed E-state index contributed by atoms with van der Waals surface area (Å²) in [6.07, 6.45) is -2.06. The molecule has 0 bridgehead atoms. The van der Waals surface area contributed by atoms with Crippen LogP contribution in [0.2, 0.25) is 0 Å². The van der Waals surface area contributed by atoms with E-state index in [9.17, 15) is 14.4 Å². The monoisotopic (exact) mass is 723 g/mol. The van der Waals surface area contributed by atoms with Gasteiger partial charge in [0.05, 0.1) is 22.0 Å². The summed E-state index contributed by atoms with van der Waals surface area (Å²) in [7, 11) is 0. The number of alkyl carbamates (subject to hydrolysis) is 3. The second-order valence-electron chi connectivity index (χ2n) is 15.9. The van der Waals surface area contributed by atoms with Crippen LogP contribution in [0.3, 0.4) is 0 Å². The smallest absolute Gasteiger partial charge is 0.407 e. The van der Waals surface area contributed by atoms with Crippen molar-refractivity contribution >= 4 is 35.0 Å². The summed E-state index contributed by atoms with van der Waals surface area (Å²) in [5.41, 5.74) is 4.82. The summed E-state index contributed by atoms with van der Waals surface area (Å²) >= 11 is 0. The first-order valence-electron chi connectivity index (χ1n) is 17.7. The maximum atomic E-state index is 13.2. The molecule has 0 atom stereocenters. The molecule has 0 fully saturated rings. The lowest BCUT2D eigenvalue weighted by Crippen LogP contribution is -2.46. The van der Waals surface area contributed by atoms with Gasteiger partial charge in [-0.05, 0) is 115 Å². The number of amides is 3. The summed E-state index contributed by atoms with van der Waals surface area (Å²) in [6, 6.07) is 23.3. The molecular weight excluding hydrogens is 666 g/mol. The van der Waals surface area contributed by atoms with Crippen molar-refractivity contribution in [2.75, 3.05) is 19.8 Å². The first kappa shape index (κ1) is 42.1. The van der Waals surface area contributed by atoms with E-state index >= 15 is 0 Å². The largest absolute Gasteiger partial charge is 0.449 e. The van der Waals surface area contributed by atoms with Gasteiger partial charge < -0.3 is 30.2 Å². The van der Waals surface area contributed by atoms with Gasteiger partial charge in [0.15, 0.2) is 0 Å². The number of ether oxygens (including phenoxy) is 3. The topological polar surface area (TPSA) is 115 Å². The molecule has 3 amide bonds. The lowest BCUT2D eigenvalue weighted by atomic mass is 9.91. The van der Waals surface area contributed by atoms with E-state index in [2.05, 4.69) is 35.7 Å². The average molecular weight is 724 g/mol. The molecule has 0 heterocycles. The molecule has 3 aromatic rings. The lowest BCUT2D eigenvalue weighted by Gasteiger charge is -2.32. The second kappa shape index (κ2) is 17.0. The standard InChI is InChI=1S/C44H57N3O6/c1-29(2)32-20-22-35(23-21-32)41(7,8)45-38(48)51-26-44(13,27-52-39(49)46-42(9,10)36-18-14-16-33(24-36)30(3)4)28-53-40(50)47-43(11,12)37-19-15-17-34(25-37)31(5)6/h14-25H,1,3,5,26-28H2,2,4,6-13H3,(H,45,48)(H,46,49)(H,47,50). The molecule has 0 aliphatic carbocycles. The van der Waals surface area contributed by atoms with Gasteiger partial charge in [-0.2, -0.15) is 0 Å². The Balaban J connectivity index is 1.74. The number of allylic oxidation sites excluding steroid dienone is 3. The molecule has 9 heteroatoms. The minimum absolute atomic E-state index is 0.224. The molecule has 0 spiro atoms. The number of hydrogen-bond donors (Lipinski definition) is 3. The van der Waals surface area contributed by atoms with Gasteiger partial charge in [-0.3, -0.25) is 0 Å². The van der Waals surface area contributed by atoms with Crippen LogP contribution in [-0.4, -0.2) is 38.1 Å². The van der Waals surface area contributed by atoms with Crippen molar-refractivity contribution < 1.29 is 28.6 Å². The summed E-state index contributed by atoms with van der Waals surface area (Å²) < 4.78 is 17.1. The summed E-state index contributed by atoms with van der Waals surface area (Å²) in [4.78, 5) is 39.6. The quantitative estimate of drug-likeness (QED) is 0.135. The van der Waals surface area contributed by atoms with Crippen molar-refractivity contribution in [2.45, 2.75) is 85.9 Å². The van der Waals surface area contributed by atoms with Crippen LogP contribution in [0, 0.1) is 5.41 Å². The first-order chi connectivity index (χ1) is 24.5. The Bertz CT molecular complexity index is 1750. The Hall–Kier alpha value is -5.31. The molecule has 3 aromatic carbocycles. The van der Waals surface area contributed by atoms with Crippen LogP contribution < -0.4 is 16.0 Å².